The number of benzene rings is 9. The molecule has 2 aromatic heterocycles. The zero-order valence-electron chi connectivity index (χ0n) is 30.7. The molecule has 0 saturated heterocycles. The SMILES string of the molecule is c1ccc(-c2ccc(-n3c4ccccc4c4cc(-c5ccc6c(c5)c5ccc(-c7ccccc7-c7ccccc7)cc5n6-c5ccccc5)ccc43)cc2)cc1. The van der Waals surface area contributed by atoms with Gasteiger partial charge < -0.3 is 9.13 Å². The first-order valence-corrected chi connectivity index (χ1v) is 19.3. The monoisotopic (exact) mass is 712 g/mol. The van der Waals surface area contributed by atoms with E-state index in [4.69, 9.17) is 0 Å². The molecule has 262 valence electrons. The van der Waals surface area contributed by atoms with Gasteiger partial charge in [-0.3, -0.25) is 0 Å². The van der Waals surface area contributed by atoms with Crippen LogP contribution in [0.2, 0.25) is 0 Å². The van der Waals surface area contributed by atoms with Gasteiger partial charge in [0, 0.05) is 32.9 Å². The molecule has 0 atom stereocenters. The average molecular weight is 713 g/mol. The van der Waals surface area contributed by atoms with Gasteiger partial charge in [-0.1, -0.05) is 158 Å². The maximum atomic E-state index is 2.42. The highest BCUT2D eigenvalue weighted by Gasteiger charge is 2.18. The lowest BCUT2D eigenvalue weighted by atomic mass is 9.94. The van der Waals surface area contributed by atoms with Gasteiger partial charge in [-0.05, 0) is 105 Å². The van der Waals surface area contributed by atoms with Crippen LogP contribution in [0.5, 0.6) is 0 Å². The molecule has 0 unspecified atom stereocenters. The molecular formula is C54H36N2. The van der Waals surface area contributed by atoms with Crippen LogP contribution in [0.25, 0.3) is 99.5 Å². The van der Waals surface area contributed by atoms with Gasteiger partial charge in [0.1, 0.15) is 0 Å². The van der Waals surface area contributed by atoms with E-state index in [0.29, 0.717) is 0 Å². The van der Waals surface area contributed by atoms with Crippen molar-refractivity contribution in [3.63, 3.8) is 0 Å². The van der Waals surface area contributed by atoms with Gasteiger partial charge in [-0.25, -0.2) is 0 Å². The van der Waals surface area contributed by atoms with E-state index in [2.05, 4.69) is 228 Å². The van der Waals surface area contributed by atoms with Gasteiger partial charge in [0.05, 0.1) is 22.1 Å². The van der Waals surface area contributed by atoms with Crippen molar-refractivity contribution in [3.05, 3.63) is 218 Å². The molecule has 11 aromatic rings. The third kappa shape index (κ3) is 5.26. The molecule has 56 heavy (non-hydrogen) atoms. The largest absolute Gasteiger partial charge is 0.309 e. The summed E-state index contributed by atoms with van der Waals surface area (Å²) in [5.74, 6) is 0. The molecule has 0 fully saturated rings. The Labute approximate surface area is 325 Å². The third-order valence-electron chi connectivity index (χ3n) is 11.3. The second-order valence-electron chi connectivity index (χ2n) is 14.5. The minimum Gasteiger partial charge on any atom is -0.309 e. The molecule has 0 aliphatic heterocycles. The summed E-state index contributed by atoms with van der Waals surface area (Å²) in [5, 5.41) is 4.98. The summed E-state index contributed by atoms with van der Waals surface area (Å²) in [6.07, 6.45) is 0. The Morgan fingerprint density at radius 2 is 0.643 bits per heavy atom. The van der Waals surface area contributed by atoms with Gasteiger partial charge in [0.25, 0.3) is 0 Å². The summed E-state index contributed by atoms with van der Waals surface area (Å²) in [4.78, 5) is 0. The summed E-state index contributed by atoms with van der Waals surface area (Å²) in [6.45, 7) is 0. The van der Waals surface area contributed by atoms with Crippen LogP contribution in [0, 0.1) is 0 Å². The molecule has 11 rings (SSSR count). The number of hydrogen-bond donors (Lipinski definition) is 0. The normalized spacial score (nSPS) is 11.6. The van der Waals surface area contributed by atoms with Gasteiger partial charge >= 0.3 is 0 Å². The van der Waals surface area contributed by atoms with Crippen LogP contribution < -0.4 is 0 Å². The lowest BCUT2D eigenvalue weighted by Gasteiger charge is -2.12. The Hall–Kier alpha value is -7.42. The predicted octanol–water partition coefficient (Wildman–Crippen LogP) is 14.5. The highest BCUT2D eigenvalue weighted by atomic mass is 15.0. The molecule has 0 aliphatic carbocycles. The maximum Gasteiger partial charge on any atom is 0.0547 e. The van der Waals surface area contributed by atoms with Crippen LogP contribution in [-0.4, -0.2) is 9.13 Å². The topological polar surface area (TPSA) is 9.86 Å². The lowest BCUT2D eigenvalue weighted by Crippen LogP contribution is -1.94. The molecule has 9 aromatic carbocycles. The quantitative estimate of drug-likeness (QED) is 0.162. The highest BCUT2D eigenvalue weighted by molar-refractivity contribution is 6.13. The van der Waals surface area contributed by atoms with E-state index < -0.39 is 0 Å². The fourth-order valence-corrected chi connectivity index (χ4v) is 8.69. The predicted molar refractivity (Wildman–Crippen MR) is 237 cm³/mol. The zero-order valence-corrected chi connectivity index (χ0v) is 30.7. The summed E-state index contributed by atoms with van der Waals surface area (Å²) in [6, 6.07) is 79.4. The minimum absolute atomic E-state index is 1.15. The van der Waals surface area contributed by atoms with Crippen molar-refractivity contribution in [1.29, 1.82) is 0 Å². The average Bonchev–Trinajstić information content (AvgIpc) is 3.79. The molecular weight excluding hydrogens is 677 g/mol. The molecule has 0 aliphatic rings. The van der Waals surface area contributed by atoms with Crippen LogP contribution in [0.4, 0.5) is 0 Å². The van der Waals surface area contributed by atoms with Gasteiger partial charge in [0.2, 0.25) is 0 Å². The van der Waals surface area contributed by atoms with E-state index >= 15 is 0 Å². The van der Waals surface area contributed by atoms with Crippen molar-refractivity contribution in [2.75, 3.05) is 0 Å². The Morgan fingerprint density at radius 3 is 1.30 bits per heavy atom. The smallest absolute Gasteiger partial charge is 0.0547 e. The Balaban J connectivity index is 1.06. The summed E-state index contributed by atoms with van der Waals surface area (Å²) in [7, 11) is 0. The first-order valence-electron chi connectivity index (χ1n) is 19.3. The first kappa shape index (κ1) is 32.0. The van der Waals surface area contributed by atoms with Crippen LogP contribution in [0.3, 0.4) is 0 Å². The molecule has 2 nitrogen and oxygen atoms in total. The second kappa shape index (κ2) is 13.2. The fraction of sp³-hybridized carbons (Fsp3) is 0. The van der Waals surface area contributed by atoms with Gasteiger partial charge in [0.15, 0.2) is 0 Å². The zero-order chi connectivity index (χ0) is 37.0. The van der Waals surface area contributed by atoms with Crippen molar-refractivity contribution in [1.82, 2.24) is 9.13 Å². The number of rotatable bonds is 6. The molecule has 0 radical (unpaired) electrons. The molecule has 0 saturated carbocycles. The molecule has 0 amide bonds. The number of fused-ring (bicyclic) bond motifs is 6. The molecule has 2 heterocycles. The number of hydrogen-bond acceptors (Lipinski definition) is 0. The summed E-state index contributed by atoms with van der Waals surface area (Å²) >= 11 is 0. The first-order chi connectivity index (χ1) is 27.8. The number of nitrogens with zero attached hydrogens (tertiary/aromatic N) is 2. The molecule has 0 bridgehead atoms. The van der Waals surface area contributed by atoms with E-state index in [9.17, 15) is 0 Å². The van der Waals surface area contributed by atoms with E-state index in [0.717, 1.165) is 11.4 Å². The minimum atomic E-state index is 1.15. The summed E-state index contributed by atoms with van der Waals surface area (Å²) in [5.41, 5.74) is 16.8. The van der Waals surface area contributed by atoms with Crippen LogP contribution >= 0.6 is 0 Å². The second-order valence-corrected chi connectivity index (χ2v) is 14.5. The van der Waals surface area contributed by atoms with Crippen molar-refractivity contribution < 1.29 is 0 Å². The van der Waals surface area contributed by atoms with Crippen molar-refractivity contribution in [3.8, 4) is 55.9 Å². The van der Waals surface area contributed by atoms with E-state index in [1.807, 2.05) is 0 Å². The van der Waals surface area contributed by atoms with Crippen LogP contribution in [0.1, 0.15) is 0 Å². The maximum absolute atomic E-state index is 2.42. The van der Waals surface area contributed by atoms with Crippen LogP contribution in [0.15, 0.2) is 218 Å². The third-order valence-corrected chi connectivity index (χ3v) is 11.3. The number of aromatic nitrogens is 2. The molecule has 2 heteroatoms. The van der Waals surface area contributed by atoms with E-state index in [-0.39, 0.29) is 0 Å². The van der Waals surface area contributed by atoms with Crippen molar-refractivity contribution in [2.45, 2.75) is 0 Å². The lowest BCUT2D eigenvalue weighted by molar-refractivity contribution is 1.18. The Bertz CT molecular complexity index is 3210. The fourth-order valence-electron chi connectivity index (χ4n) is 8.69. The Morgan fingerprint density at radius 1 is 0.214 bits per heavy atom. The molecule has 0 N–H and O–H groups in total. The van der Waals surface area contributed by atoms with Crippen molar-refractivity contribution in [2.24, 2.45) is 0 Å². The summed E-state index contributed by atoms with van der Waals surface area (Å²) < 4.78 is 4.82. The van der Waals surface area contributed by atoms with Crippen LogP contribution in [-0.2, 0) is 0 Å². The van der Waals surface area contributed by atoms with Gasteiger partial charge in [-0.2, -0.15) is 0 Å². The molecule has 0 spiro atoms. The van der Waals surface area contributed by atoms with E-state index in [1.54, 1.807) is 0 Å². The van der Waals surface area contributed by atoms with Crippen molar-refractivity contribution >= 4 is 43.6 Å². The highest BCUT2D eigenvalue weighted by Crippen LogP contribution is 2.41. The van der Waals surface area contributed by atoms with Gasteiger partial charge in [-0.15, -0.1) is 0 Å². The van der Waals surface area contributed by atoms with E-state index in [1.165, 1.54) is 88.1 Å². The standard InChI is InChI=1S/C54H36N2/c1-4-14-37(15-5-1)38-24-29-44(30-25-38)55-51-23-13-12-22-47(51)49-34-40(27-32-52(49)55)41-28-33-53-50(35-41)48-31-26-42(36-54(48)56(53)43-18-8-3-9-19-43)46-21-11-10-20-45(46)39-16-6-2-7-17-39/h1-36H. The Kier molecular flexibility index (Phi) is 7.53. The number of para-hydroxylation sites is 2.